The van der Waals surface area contributed by atoms with E-state index in [2.05, 4.69) is 9.47 Å². The molecule has 0 N–H and O–H groups in total. The third-order valence-electron chi connectivity index (χ3n) is 2.94. The van der Waals surface area contributed by atoms with Gasteiger partial charge >= 0.3 is 18.0 Å². The molecule has 0 amide bonds. The van der Waals surface area contributed by atoms with E-state index in [0.29, 0.717) is 5.02 Å². The molecule has 0 atom stereocenters. The molecule has 2 aromatic rings. The molecule has 4 nitrogen and oxygen atoms in total. The minimum Gasteiger partial charge on any atom is -0.386 e. The number of benzene rings is 2. The van der Waals surface area contributed by atoms with E-state index >= 15 is 0 Å². The summed E-state index contributed by atoms with van der Waals surface area (Å²) in [4.78, 5) is 23.8. The summed E-state index contributed by atoms with van der Waals surface area (Å²) in [6.45, 7) is 0. The number of hydrogen-bond acceptors (Lipinski definition) is 4. The second-order valence-corrected chi connectivity index (χ2v) is 4.93. The lowest BCUT2D eigenvalue weighted by Gasteiger charge is -2.14. The van der Waals surface area contributed by atoms with E-state index < -0.39 is 23.6 Å². The van der Waals surface area contributed by atoms with Crippen molar-refractivity contribution in [1.82, 2.24) is 0 Å². The Hall–Kier alpha value is -2.31. The van der Waals surface area contributed by atoms with Gasteiger partial charge in [0.25, 0.3) is 0 Å². The van der Waals surface area contributed by atoms with Crippen LogP contribution in [0.4, 0.5) is 8.78 Å². The normalized spacial score (nSPS) is 11.1. The minimum atomic E-state index is -3.55. The van der Waals surface area contributed by atoms with Crippen LogP contribution >= 0.6 is 11.6 Å². The first kappa shape index (κ1) is 17.1. The molecule has 23 heavy (non-hydrogen) atoms. The van der Waals surface area contributed by atoms with E-state index in [1.807, 2.05) is 0 Å². The van der Waals surface area contributed by atoms with Crippen LogP contribution in [-0.2, 0) is 15.6 Å². The second kappa shape index (κ2) is 6.85. The molecule has 0 heterocycles. The number of carbonyl (C=O) groups is 2. The Bertz CT molecular complexity index is 746. The molecule has 0 fully saturated rings. The Morgan fingerprint density at radius 1 is 1.00 bits per heavy atom. The van der Waals surface area contributed by atoms with Crippen molar-refractivity contribution >= 4 is 23.5 Å². The maximum atomic E-state index is 13.4. The number of hydrogen-bond donors (Lipinski definition) is 0. The molecule has 0 aliphatic heterocycles. The Balaban J connectivity index is 2.18. The summed E-state index contributed by atoms with van der Waals surface area (Å²) >= 11 is 5.74. The SMILES string of the molecule is COC(F)(F)c1cccc(C(=O)OC(=O)c2cccc(Cl)c2)c1. The second-order valence-electron chi connectivity index (χ2n) is 4.49. The van der Waals surface area contributed by atoms with E-state index in [-0.39, 0.29) is 11.1 Å². The lowest BCUT2D eigenvalue weighted by Crippen LogP contribution is -2.17. The molecule has 120 valence electrons. The number of methoxy groups -OCH3 is 1. The van der Waals surface area contributed by atoms with Crippen molar-refractivity contribution in [2.75, 3.05) is 7.11 Å². The number of carbonyl (C=O) groups excluding carboxylic acids is 2. The van der Waals surface area contributed by atoms with Gasteiger partial charge in [-0.15, -0.1) is 0 Å². The molecule has 0 saturated heterocycles. The summed E-state index contributed by atoms with van der Waals surface area (Å²) in [5.41, 5.74) is -0.650. The quantitative estimate of drug-likeness (QED) is 0.623. The lowest BCUT2D eigenvalue weighted by molar-refractivity contribution is -0.231. The van der Waals surface area contributed by atoms with Crippen LogP contribution in [0.3, 0.4) is 0 Å². The van der Waals surface area contributed by atoms with Gasteiger partial charge in [0.15, 0.2) is 0 Å². The molecule has 0 radical (unpaired) electrons. The van der Waals surface area contributed by atoms with Crippen LogP contribution in [0.5, 0.6) is 0 Å². The molecule has 0 bridgehead atoms. The van der Waals surface area contributed by atoms with Crippen molar-refractivity contribution < 1.29 is 27.8 Å². The maximum absolute atomic E-state index is 13.4. The average Bonchev–Trinajstić information content (AvgIpc) is 2.55. The number of ether oxygens (including phenoxy) is 2. The van der Waals surface area contributed by atoms with E-state index in [0.717, 1.165) is 19.2 Å². The first-order valence-corrected chi connectivity index (χ1v) is 6.77. The first-order chi connectivity index (χ1) is 10.8. The van der Waals surface area contributed by atoms with E-state index in [1.54, 1.807) is 6.07 Å². The maximum Gasteiger partial charge on any atom is 0.383 e. The molecule has 0 aliphatic carbocycles. The Kier molecular flexibility index (Phi) is 5.08. The highest BCUT2D eigenvalue weighted by molar-refractivity contribution is 6.30. The van der Waals surface area contributed by atoms with E-state index in [9.17, 15) is 18.4 Å². The largest absolute Gasteiger partial charge is 0.386 e. The van der Waals surface area contributed by atoms with Gasteiger partial charge in [0.05, 0.1) is 16.7 Å². The highest BCUT2D eigenvalue weighted by atomic mass is 35.5. The zero-order valence-electron chi connectivity index (χ0n) is 11.9. The van der Waals surface area contributed by atoms with Gasteiger partial charge in [-0.2, -0.15) is 8.78 Å². The number of rotatable bonds is 4. The molecule has 0 spiro atoms. The van der Waals surface area contributed by atoms with Gasteiger partial charge in [-0.1, -0.05) is 29.8 Å². The van der Waals surface area contributed by atoms with Crippen LogP contribution in [0.1, 0.15) is 26.3 Å². The summed E-state index contributed by atoms with van der Waals surface area (Å²) in [6, 6.07) is 10.3. The van der Waals surface area contributed by atoms with Gasteiger partial charge in [-0.3, -0.25) is 0 Å². The fourth-order valence-corrected chi connectivity index (χ4v) is 1.95. The fraction of sp³-hybridized carbons (Fsp3) is 0.125. The fourth-order valence-electron chi connectivity index (χ4n) is 1.76. The molecule has 0 aromatic heterocycles. The van der Waals surface area contributed by atoms with Crippen LogP contribution in [0.25, 0.3) is 0 Å². The van der Waals surface area contributed by atoms with Crippen molar-refractivity contribution in [2.24, 2.45) is 0 Å². The summed E-state index contributed by atoms with van der Waals surface area (Å²) in [6.07, 6.45) is -3.55. The Morgan fingerprint density at radius 3 is 2.13 bits per heavy atom. The summed E-state index contributed by atoms with van der Waals surface area (Å²) < 4.78 is 35.6. The zero-order valence-corrected chi connectivity index (χ0v) is 12.6. The van der Waals surface area contributed by atoms with Crippen molar-refractivity contribution in [3.8, 4) is 0 Å². The van der Waals surface area contributed by atoms with E-state index in [1.165, 1.54) is 30.3 Å². The molecular formula is C16H11ClF2O4. The van der Waals surface area contributed by atoms with Crippen molar-refractivity contribution in [3.05, 3.63) is 70.2 Å². The van der Waals surface area contributed by atoms with E-state index in [4.69, 9.17) is 11.6 Å². The van der Waals surface area contributed by atoms with Crippen LogP contribution in [0.15, 0.2) is 48.5 Å². The molecule has 0 unspecified atom stereocenters. The topological polar surface area (TPSA) is 52.6 Å². The third kappa shape index (κ3) is 4.12. The van der Waals surface area contributed by atoms with Crippen LogP contribution < -0.4 is 0 Å². The van der Waals surface area contributed by atoms with Gasteiger partial charge < -0.3 is 9.47 Å². The van der Waals surface area contributed by atoms with Crippen LogP contribution in [0.2, 0.25) is 5.02 Å². The molecule has 0 saturated carbocycles. The van der Waals surface area contributed by atoms with Crippen molar-refractivity contribution in [2.45, 2.75) is 6.11 Å². The highest BCUT2D eigenvalue weighted by Crippen LogP contribution is 2.29. The predicted molar refractivity (Wildman–Crippen MR) is 78.5 cm³/mol. The van der Waals surface area contributed by atoms with Gasteiger partial charge in [0, 0.05) is 12.1 Å². The van der Waals surface area contributed by atoms with Crippen LogP contribution in [-0.4, -0.2) is 19.0 Å². The zero-order chi connectivity index (χ0) is 17.0. The third-order valence-corrected chi connectivity index (χ3v) is 3.17. The Morgan fingerprint density at radius 2 is 1.57 bits per heavy atom. The van der Waals surface area contributed by atoms with Crippen molar-refractivity contribution in [3.63, 3.8) is 0 Å². The first-order valence-electron chi connectivity index (χ1n) is 6.39. The summed E-state index contributed by atoms with van der Waals surface area (Å²) in [7, 11) is 0.841. The van der Waals surface area contributed by atoms with Gasteiger partial charge in [-0.25, -0.2) is 9.59 Å². The smallest absolute Gasteiger partial charge is 0.383 e. The van der Waals surface area contributed by atoms with Crippen LogP contribution in [0, 0.1) is 0 Å². The van der Waals surface area contributed by atoms with Crippen molar-refractivity contribution in [1.29, 1.82) is 0 Å². The lowest BCUT2D eigenvalue weighted by atomic mass is 10.1. The van der Waals surface area contributed by atoms with Gasteiger partial charge in [0.1, 0.15) is 0 Å². The van der Waals surface area contributed by atoms with Gasteiger partial charge in [-0.05, 0) is 30.3 Å². The van der Waals surface area contributed by atoms with Gasteiger partial charge in [0.2, 0.25) is 0 Å². The Labute approximate surface area is 135 Å². The highest BCUT2D eigenvalue weighted by Gasteiger charge is 2.32. The summed E-state index contributed by atoms with van der Waals surface area (Å²) in [5.74, 6) is -1.98. The molecule has 7 heteroatoms. The predicted octanol–water partition coefficient (Wildman–Crippen LogP) is 4.03. The molecular weight excluding hydrogens is 330 g/mol. The molecule has 0 aliphatic rings. The monoisotopic (exact) mass is 340 g/mol. The number of halogens is 3. The standard InChI is InChI=1S/C16H11ClF2O4/c1-22-16(18,19)12-6-2-4-10(8-12)14(20)23-15(21)11-5-3-7-13(17)9-11/h2-9H,1H3. The molecule has 2 rings (SSSR count). The minimum absolute atomic E-state index is 0.0734. The molecule has 2 aromatic carbocycles. The number of alkyl halides is 2. The summed E-state index contributed by atoms with van der Waals surface area (Å²) in [5, 5.41) is 0.300. The number of esters is 2. The average molecular weight is 341 g/mol.